The fourth-order valence-electron chi connectivity index (χ4n) is 2.67. The van der Waals surface area contributed by atoms with Crippen LogP contribution in [0.2, 0.25) is 0 Å². The molecule has 1 aromatic heterocycles. The molecule has 0 aromatic carbocycles. The summed E-state index contributed by atoms with van der Waals surface area (Å²) in [6.07, 6.45) is 4.46. The zero-order valence-electron chi connectivity index (χ0n) is 11.5. The van der Waals surface area contributed by atoms with E-state index < -0.39 is 5.97 Å². The molecule has 1 unspecified atom stereocenters. The molecular formula is C14H22N2O2S. The van der Waals surface area contributed by atoms with E-state index in [4.69, 9.17) is 5.11 Å². The third kappa shape index (κ3) is 4.58. The molecule has 1 atom stereocenters. The molecule has 1 fully saturated rings. The number of aromatic nitrogens is 1. The molecule has 0 bridgehead atoms. The highest BCUT2D eigenvalue weighted by atomic mass is 32.1. The maximum absolute atomic E-state index is 10.6. The highest BCUT2D eigenvalue weighted by Crippen LogP contribution is 2.23. The molecule has 1 aromatic rings. The Bertz CT molecular complexity index is 419. The van der Waals surface area contributed by atoms with Crippen LogP contribution in [0.4, 0.5) is 0 Å². The van der Waals surface area contributed by atoms with Gasteiger partial charge in [-0.1, -0.05) is 6.92 Å². The number of hydrogen-bond acceptors (Lipinski definition) is 4. The van der Waals surface area contributed by atoms with Crippen molar-refractivity contribution in [1.82, 2.24) is 9.88 Å². The highest BCUT2D eigenvalue weighted by molar-refractivity contribution is 7.09. The minimum absolute atomic E-state index is 0.301. The lowest BCUT2D eigenvalue weighted by Crippen LogP contribution is -2.35. The number of hydrogen-bond donors (Lipinski definition) is 1. The quantitative estimate of drug-likeness (QED) is 0.871. The molecule has 1 aliphatic rings. The minimum Gasteiger partial charge on any atom is -0.481 e. The summed E-state index contributed by atoms with van der Waals surface area (Å²) in [6, 6.07) is 0. The molecule has 0 radical (unpaired) electrons. The van der Waals surface area contributed by atoms with Crippen molar-refractivity contribution in [2.24, 2.45) is 5.92 Å². The number of carbonyl (C=O) groups is 1. The number of likely N-dealkylation sites (tertiary alicyclic amines) is 1. The lowest BCUT2D eigenvalue weighted by Gasteiger charge is -2.32. The average molecular weight is 282 g/mol. The number of rotatable bonds is 6. The van der Waals surface area contributed by atoms with Crippen molar-refractivity contribution in [3.63, 3.8) is 0 Å². The Kier molecular flexibility index (Phi) is 5.34. The number of aliphatic carboxylic acids is 1. The number of piperidine rings is 1. The second-order valence-corrected chi connectivity index (χ2v) is 6.20. The van der Waals surface area contributed by atoms with Crippen molar-refractivity contribution in [2.45, 2.75) is 45.6 Å². The third-order valence-electron chi connectivity index (χ3n) is 3.66. The van der Waals surface area contributed by atoms with Crippen molar-refractivity contribution < 1.29 is 9.90 Å². The van der Waals surface area contributed by atoms with E-state index in [1.807, 2.05) is 0 Å². The van der Waals surface area contributed by atoms with E-state index >= 15 is 0 Å². The van der Waals surface area contributed by atoms with Gasteiger partial charge in [0.1, 0.15) is 0 Å². The lowest BCUT2D eigenvalue weighted by molar-refractivity contribution is -0.137. The van der Waals surface area contributed by atoms with Gasteiger partial charge in [0.05, 0.1) is 10.7 Å². The van der Waals surface area contributed by atoms with Crippen molar-refractivity contribution in [2.75, 3.05) is 13.1 Å². The van der Waals surface area contributed by atoms with Gasteiger partial charge < -0.3 is 5.11 Å². The third-order valence-corrected chi connectivity index (χ3v) is 4.70. The Morgan fingerprint density at radius 2 is 2.47 bits per heavy atom. The standard InChI is InChI=1S/C14H22N2O2S/c1-2-13-15-12(10-19-13)9-16-7-3-4-11(8-16)5-6-14(17)18/h10-11H,2-9H2,1H3,(H,17,18). The van der Waals surface area contributed by atoms with Crippen molar-refractivity contribution in [3.8, 4) is 0 Å². The van der Waals surface area contributed by atoms with Gasteiger partial charge >= 0.3 is 5.97 Å². The number of thiazole rings is 1. The van der Waals surface area contributed by atoms with Gasteiger partial charge in [0, 0.05) is 24.9 Å². The first-order valence-electron chi connectivity index (χ1n) is 7.04. The van der Waals surface area contributed by atoms with E-state index in [1.165, 1.54) is 23.5 Å². The van der Waals surface area contributed by atoms with Crippen LogP contribution in [0.15, 0.2) is 5.38 Å². The summed E-state index contributed by atoms with van der Waals surface area (Å²) in [5.74, 6) is -0.140. The van der Waals surface area contributed by atoms with Gasteiger partial charge in [-0.05, 0) is 38.1 Å². The Labute approximate surface area is 118 Å². The Morgan fingerprint density at radius 1 is 1.63 bits per heavy atom. The van der Waals surface area contributed by atoms with Gasteiger partial charge in [-0.15, -0.1) is 11.3 Å². The fourth-order valence-corrected chi connectivity index (χ4v) is 3.41. The summed E-state index contributed by atoms with van der Waals surface area (Å²) in [5.41, 5.74) is 1.17. The van der Waals surface area contributed by atoms with Crippen molar-refractivity contribution in [3.05, 3.63) is 16.1 Å². The Hall–Kier alpha value is -0.940. The normalized spacial score (nSPS) is 20.6. The fraction of sp³-hybridized carbons (Fsp3) is 0.714. The van der Waals surface area contributed by atoms with Crippen LogP contribution in [0.3, 0.4) is 0 Å². The molecule has 2 heterocycles. The topological polar surface area (TPSA) is 53.4 Å². The van der Waals surface area contributed by atoms with Gasteiger partial charge in [0.15, 0.2) is 0 Å². The van der Waals surface area contributed by atoms with Gasteiger partial charge in [-0.25, -0.2) is 4.98 Å². The Balaban J connectivity index is 1.81. The molecular weight excluding hydrogens is 260 g/mol. The van der Waals surface area contributed by atoms with Crippen molar-refractivity contribution >= 4 is 17.3 Å². The van der Waals surface area contributed by atoms with E-state index in [2.05, 4.69) is 22.2 Å². The molecule has 1 saturated heterocycles. The second-order valence-electron chi connectivity index (χ2n) is 5.26. The molecule has 2 rings (SSSR count). The first-order valence-corrected chi connectivity index (χ1v) is 7.92. The monoisotopic (exact) mass is 282 g/mol. The molecule has 4 nitrogen and oxygen atoms in total. The Morgan fingerprint density at radius 3 is 3.16 bits per heavy atom. The predicted octanol–water partition coefficient (Wildman–Crippen LogP) is 2.78. The first kappa shape index (κ1) is 14.5. The van der Waals surface area contributed by atoms with Crippen molar-refractivity contribution in [1.29, 1.82) is 0 Å². The highest BCUT2D eigenvalue weighted by Gasteiger charge is 2.21. The summed E-state index contributed by atoms with van der Waals surface area (Å²) in [6.45, 7) is 5.18. The van der Waals surface area contributed by atoms with E-state index in [1.54, 1.807) is 11.3 Å². The van der Waals surface area contributed by atoms with Gasteiger partial charge in [0.25, 0.3) is 0 Å². The zero-order chi connectivity index (χ0) is 13.7. The summed E-state index contributed by atoms with van der Waals surface area (Å²) in [5, 5.41) is 12.1. The summed E-state index contributed by atoms with van der Waals surface area (Å²) in [4.78, 5) is 17.7. The molecule has 0 aliphatic carbocycles. The van der Waals surface area contributed by atoms with Crippen LogP contribution in [0.1, 0.15) is 43.3 Å². The van der Waals surface area contributed by atoms with Gasteiger partial charge in [0.2, 0.25) is 0 Å². The SMILES string of the molecule is CCc1nc(CN2CCCC(CCC(=O)O)C2)cs1. The summed E-state index contributed by atoms with van der Waals surface area (Å²) >= 11 is 1.74. The smallest absolute Gasteiger partial charge is 0.303 e. The molecule has 19 heavy (non-hydrogen) atoms. The van der Waals surface area contributed by atoms with Gasteiger partial charge in [-0.2, -0.15) is 0 Å². The van der Waals surface area contributed by atoms with E-state index in [9.17, 15) is 4.79 Å². The number of nitrogens with zero attached hydrogens (tertiary/aromatic N) is 2. The van der Waals surface area contributed by atoms with Crippen LogP contribution in [0.5, 0.6) is 0 Å². The maximum atomic E-state index is 10.6. The number of aryl methyl sites for hydroxylation is 1. The number of carboxylic acids is 1. The van der Waals surface area contributed by atoms with Crippen LogP contribution < -0.4 is 0 Å². The van der Waals surface area contributed by atoms with Gasteiger partial charge in [-0.3, -0.25) is 9.69 Å². The van der Waals surface area contributed by atoms with Crippen LogP contribution >= 0.6 is 11.3 Å². The largest absolute Gasteiger partial charge is 0.481 e. The minimum atomic E-state index is -0.677. The van der Waals surface area contributed by atoms with Crippen LogP contribution in [-0.2, 0) is 17.8 Å². The molecule has 0 spiro atoms. The molecule has 0 saturated carbocycles. The molecule has 5 heteroatoms. The maximum Gasteiger partial charge on any atom is 0.303 e. The van der Waals surface area contributed by atoms with E-state index in [0.717, 1.165) is 32.5 Å². The zero-order valence-corrected chi connectivity index (χ0v) is 12.3. The lowest BCUT2D eigenvalue weighted by atomic mass is 9.93. The molecule has 1 aliphatic heterocycles. The van der Waals surface area contributed by atoms with Crippen LogP contribution in [0, 0.1) is 5.92 Å². The first-order chi connectivity index (χ1) is 9.17. The van der Waals surface area contributed by atoms with E-state index in [-0.39, 0.29) is 0 Å². The molecule has 0 amide bonds. The molecule has 1 N–H and O–H groups in total. The average Bonchev–Trinajstić information content (AvgIpc) is 2.84. The molecule has 106 valence electrons. The van der Waals surface area contributed by atoms with E-state index in [0.29, 0.717) is 12.3 Å². The van der Waals surface area contributed by atoms with Crippen LogP contribution in [-0.4, -0.2) is 34.0 Å². The predicted molar refractivity (Wildman–Crippen MR) is 76.4 cm³/mol. The summed E-state index contributed by atoms with van der Waals surface area (Å²) < 4.78 is 0. The number of carboxylic acid groups (broad SMARTS) is 1. The summed E-state index contributed by atoms with van der Waals surface area (Å²) in [7, 11) is 0. The van der Waals surface area contributed by atoms with Crippen LogP contribution in [0.25, 0.3) is 0 Å². The second kappa shape index (κ2) is 7.01.